The van der Waals surface area contributed by atoms with Gasteiger partial charge in [-0.25, -0.2) is 0 Å². The molecular weight excluding hydrogens is 323 g/mol. The summed E-state index contributed by atoms with van der Waals surface area (Å²) in [6.45, 7) is 0. The minimum absolute atomic E-state index is 0.884. The summed E-state index contributed by atoms with van der Waals surface area (Å²) in [4.78, 5) is 0. The zero-order valence-corrected chi connectivity index (χ0v) is 11.7. The zero-order chi connectivity index (χ0) is 12.1. The molecule has 0 saturated heterocycles. The smallest absolute Gasteiger partial charge is 0.119 e. The largest absolute Gasteiger partial charge is 0.497 e. The molecule has 0 bridgehead atoms. The summed E-state index contributed by atoms with van der Waals surface area (Å²) in [6, 6.07) is 16.4. The first kappa shape index (κ1) is 12.2. The summed E-state index contributed by atoms with van der Waals surface area (Å²) in [5.74, 6) is 0.884. The van der Waals surface area contributed by atoms with Crippen LogP contribution in [0.2, 0.25) is 0 Å². The molecule has 0 atom stereocenters. The van der Waals surface area contributed by atoms with E-state index >= 15 is 0 Å². The van der Waals surface area contributed by atoms with Crippen molar-refractivity contribution < 1.29 is 4.74 Å². The molecule has 0 aromatic heterocycles. The van der Waals surface area contributed by atoms with Gasteiger partial charge in [-0.2, -0.15) is 0 Å². The van der Waals surface area contributed by atoms with Crippen LogP contribution >= 0.6 is 22.6 Å². The second-order valence-electron chi connectivity index (χ2n) is 3.66. The van der Waals surface area contributed by atoms with Gasteiger partial charge in [-0.15, -0.1) is 0 Å². The predicted molar refractivity (Wildman–Crippen MR) is 81.1 cm³/mol. The molecule has 0 aliphatic rings. The fourth-order valence-corrected chi connectivity index (χ4v) is 2.12. The van der Waals surface area contributed by atoms with Crippen LogP contribution in [0.4, 0.5) is 0 Å². The second kappa shape index (κ2) is 5.87. The predicted octanol–water partition coefficient (Wildman–Crippen LogP) is 4.47. The summed E-state index contributed by atoms with van der Waals surface area (Å²) in [7, 11) is 1.68. The topological polar surface area (TPSA) is 9.23 Å². The van der Waals surface area contributed by atoms with Crippen LogP contribution in [0.25, 0.3) is 12.2 Å². The minimum atomic E-state index is 0.884. The summed E-state index contributed by atoms with van der Waals surface area (Å²) >= 11 is 2.32. The van der Waals surface area contributed by atoms with Crippen LogP contribution in [-0.2, 0) is 0 Å². The molecule has 2 rings (SSSR count). The summed E-state index contributed by atoms with van der Waals surface area (Å²) in [5.41, 5.74) is 2.35. The molecule has 0 unspecified atom stereocenters. The first-order chi connectivity index (χ1) is 8.28. The van der Waals surface area contributed by atoms with Gasteiger partial charge < -0.3 is 4.74 Å². The number of ether oxygens (including phenoxy) is 1. The molecule has 0 radical (unpaired) electrons. The number of halogens is 1. The molecule has 0 heterocycles. The van der Waals surface area contributed by atoms with Gasteiger partial charge in [-0.05, 0) is 58.0 Å². The Kier molecular flexibility index (Phi) is 4.20. The van der Waals surface area contributed by atoms with Gasteiger partial charge in [-0.3, -0.25) is 0 Å². The van der Waals surface area contributed by atoms with E-state index in [1.54, 1.807) is 7.11 Å². The van der Waals surface area contributed by atoms with Crippen molar-refractivity contribution in [1.29, 1.82) is 0 Å². The van der Waals surface area contributed by atoms with E-state index in [4.69, 9.17) is 4.74 Å². The van der Waals surface area contributed by atoms with Gasteiger partial charge in [0.05, 0.1) is 7.11 Å². The van der Waals surface area contributed by atoms with Crippen molar-refractivity contribution in [3.8, 4) is 5.75 Å². The molecule has 0 fully saturated rings. The van der Waals surface area contributed by atoms with Crippen molar-refractivity contribution in [2.24, 2.45) is 0 Å². The summed E-state index contributed by atoms with van der Waals surface area (Å²) < 4.78 is 6.44. The Hall–Kier alpha value is -1.29. The molecule has 2 aromatic carbocycles. The second-order valence-corrected chi connectivity index (χ2v) is 4.91. The monoisotopic (exact) mass is 336 g/mol. The molecule has 0 spiro atoms. The number of methoxy groups -OCH3 is 1. The van der Waals surface area contributed by atoms with Crippen LogP contribution < -0.4 is 4.74 Å². The Morgan fingerprint density at radius 3 is 2.24 bits per heavy atom. The molecular formula is C15H13IO. The first-order valence-corrected chi connectivity index (χ1v) is 6.43. The molecule has 0 saturated carbocycles. The fourth-order valence-electron chi connectivity index (χ4n) is 1.55. The third-order valence-electron chi connectivity index (χ3n) is 2.41. The van der Waals surface area contributed by atoms with Crippen LogP contribution in [-0.4, -0.2) is 7.11 Å². The van der Waals surface area contributed by atoms with E-state index in [9.17, 15) is 0 Å². The Balaban J connectivity index is 2.19. The SMILES string of the molecule is COc1cccc(/C=C/c2cccc(I)c2)c1. The maximum atomic E-state index is 5.19. The molecule has 2 aromatic rings. The van der Waals surface area contributed by atoms with Crippen molar-refractivity contribution in [2.45, 2.75) is 0 Å². The number of rotatable bonds is 3. The van der Waals surface area contributed by atoms with Crippen LogP contribution in [0.5, 0.6) is 5.75 Å². The molecule has 0 aliphatic heterocycles. The molecule has 2 heteroatoms. The standard InChI is InChI=1S/C15H13IO/c1-17-15-7-3-5-13(11-15)9-8-12-4-2-6-14(16)10-12/h2-11H,1H3/b9-8+. The average Bonchev–Trinajstić information content (AvgIpc) is 2.37. The molecule has 1 nitrogen and oxygen atoms in total. The minimum Gasteiger partial charge on any atom is -0.497 e. The fraction of sp³-hybridized carbons (Fsp3) is 0.0667. The highest BCUT2D eigenvalue weighted by molar-refractivity contribution is 14.1. The lowest BCUT2D eigenvalue weighted by Crippen LogP contribution is -1.82. The van der Waals surface area contributed by atoms with Gasteiger partial charge in [0, 0.05) is 3.57 Å². The van der Waals surface area contributed by atoms with Gasteiger partial charge in [0.15, 0.2) is 0 Å². The van der Waals surface area contributed by atoms with Crippen molar-refractivity contribution in [2.75, 3.05) is 7.11 Å². The molecule has 0 N–H and O–H groups in total. The van der Waals surface area contributed by atoms with E-state index in [-0.39, 0.29) is 0 Å². The van der Waals surface area contributed by atoms with Crippen molar-refractivity contribution in [3.05, 3.63) is 63.2 Å². The average molecular weight is 336 g/mol. The molecule has 0 aliphatic carbocycles. The Morgan fingerprint density at radius 1 is 0.941 bits per heavy atom. The van der Waals surface area contributed by atoms with E-state index in [2.05, 4.69) is 65.1 Å². The van der Waals surface area contributed by atoms with Crippen LogP contribution in [0, 0.1) is 3.57 Å². The van der Waals surface area contributed by atoms with Crippen molar-refractivity contribution in [3.63, 3.8) is 0 Å². The normalized spacial score (nSPS) is 10.7. The molecule has 0 amide bonds. The van der Waals surface area contributed by atoms with Crippen molar-refractivity contribution >= 4 is 34.7 Å². The maximum absolute atomic E-state index is 5.19. The third kappa shape index (κ3) is 3.60. The Labute approximate surface area is 115 Å². The van der Waals surface area contributed by atoms with Gasteiger partial charge in [0.25, 0.3) is 0 Å². The van der Waals surface area contributed by atoms with Gasteiger partial charge >= 0.3 is 0 Å². The third-order valence-corrected chi connectivity index (χ3v) is 3.08. The van der Waals surface area contributed by atoms with Gasteiger partial charge in [-0.1, -0.05) is 36.4 Å². The van der Waals surface area contributed by atoms with Crippen LogP contribution in [0.3, 0.4) is 0 Å². The molecule has 86 valence electrons. The van der Waals surface area contributed by atoms with Crippen LogP contribution in [0.15, 0.2) is 48.5 Å². The van der Waals surface area contributed by atoms with Gasteiger partial charge in [0.2, 0.25) is 0 Å². The molecule has 17 heavy (non-hydrogen) atoms. The quantitative estimate of drug-likeness (QED) is 0.594. The Morgan fingerprint density at radius 2 is 1.59 bits per heavy atom. The lowest BCUT2D eigenvalue weighted by atomic mass is 10.1. The highest BCUT2D eigenvalue weighted by Crippen LogP contribution is 2.16. The summed E-state index contributed by atoms with van der Waals surface area (Å²) in [5, 5.41) is 0. The zero-order valence-electron chi connectivity index (χ0n) is 9.56. The first-order valence-electron chi connectivity index (χ1n) is 5.35. The van der Waals surface area contributed by atoms with Gasteiger partial charge in [0.1, 0.15) is 5.75 Å². The van der Waals surface area contributed by atoms with E-state index in [0.717, 1.165) is 11.3 Å². The van der Waals surface area contributed by atoms with E-state index in [1.807, 2.05) is 18.2 Å². The highest BCUT2D eigenvalue weighted by atomic mass is 127. The summed E-state index contributed by atoms with van der Waals surface area (Å²) in [6.07, 6.45) is 4.20. The van der Waals surface area contributed by atoms with Crippen LogP contribution in [0.1, 0.15) is 11.1 Å². The van der Waals surface area contributed by atoms with E-state index in [0.29, 0.717) is 0 Å². The van der Waals surface area contributed by atoms with Crippen molar-refractivity contribution in [1.82, 2.24) is 0 Å². The maximum Gasteiger partial charge on any atom is 0.119 e. The lowest BCUT2D eigenvalue weighted by molar-refractivity contribution is 0.414. The highest BCUT2D eigenvalue weighted by Gasteiger charge is 1.92. The number of benzene rings is 2. The number of hydrogen-bond acceptors (Lipinski definition) is 1. The number of hydrogen-bond donors (Lipinski definition) is 0. The van der Waals surface area contributed by atoms with E-state index in [1.165, 1.54) is 9.13 Å². The van der Waals surface area contributed by atoms with E-state index < -0.39 is 0 Å². The lowest BCUT2D eigenvalue weighted by Gasteiger charge is -2.00. The Bertz CT molecular complexity index is 532.